The highest BCUT2D eigenvalue weighted by Gasteiger charge is 2.09. The van der Waals surface area contributed by atoms with Crippen LogP contribution in [0.25, 0.3) is 11.0 Å². The molecular weight excluding hydrogens is 164 g/mol. The molecule has 13 heavy (non-hydrogen) atoms. The molecule has 0 radical (unpaired) electrons. The van der Waals surface area contributed by atoms with Gasteiger partial charge in [-0.05, 0) is 25.5 Å². The van der Waals surface area contributed by atoms with Crippen LogP contribution in [0.1, 0.15) is 22.8 Å². The number of rotatable bonds is 1. The van der Waals surface area contributed by atoms with Crippen molar-refractivity contribution in [1.29, 1.82) is 0 Å². The molecule has 0 amide bonds. The number of ketones is 1. The van der Waals surface area contributed by atoms with E-state index in [1.165, 1.54) is 0 Å². The van der Waals surface area contributed by atoms with Crippen LogP contribution >= 0.6 is 0 Å². The fourth-order valence-electron chi connectivity index (χ4n) is 1.54. The van der Waals surface area contributed by atoms with Crippen molar-refractivity contribution in [3.63, 3.8) is 0 Å². The quantitative estimate of drug-likeness (QED) is 0.622. The zero-order chi connectivity index (χ0) is 9.42. The average Bonchev–Trinajstić information content (AvgIpc) is 2.48. The summed E-state index contributed by atoms with van der Waals surface area (Å²) in [7, 11) is 0. The summed E-state index contributed by atoms with van der Waals surface area (Å²) in [6, 6.07) is 5.53. The monoisotopic (exact) mass is 174 g/mol. The standard InChI is InChI=1S/C11H10O2/c1-7-6-13-10-5-3-4-9(8(2)12)11(7)10/h3-6H,1-2H3. The van der Waals surface area contributed by atoms with Gasteiger partial charge in [0.15, 0.2) is 5.78 Å². The molecule has 0 aliphatic rings. The molecule has 1 aromatic carbocycles. The Balaban J connectivity index is 2.88. The van der Waals surface area contributed by atoms with Gasteiger partial charge < -0.3 is 4.42 Å². The van der Waals surface area contributed by atoms with Crippen molar-refractivity contribution in [1.82, 2.24) is 0 Å². The first kappa shape index (κ1) is 8.05. The number of benzene rings is 1. The molecule has 1 heterocycles. The summed E-state index contributed by atoms with van der Waals surface area (Å²) in [5.41, 5.74) is 2.54. The summed E-state index contributed by atoms with van der Waals surface area (Å²) in [5.74, 6) is 0.0788. The van der Waals surface area contributed by atoms with Crippen molar-refractivity contribution in [2.24, 2.45) is 0 Å². The molecule has 0 aliphatic heterocycles. The highest BCUT2D eigenvalue weighted by molar-refractivity contribution is 6.06. The maximum Gasteiger partial charge on any atom is 0.160 e. The second-order valence-corrected chi connectivity index (χ2v) is 3.15. The number of fused-ring (bicyclic) bond motifs is 1. The Bertz CT molecular complexity index is 466. The second kappa shape index (κ2) is 2.73. The Morgan fingerprint density at radius 3 is 2.85 bits per heavy atom. The van der Waals surface area contributed by atoms with E-state index in [1.807, 2.05) is 25.1 Å². The number of hydrogen-bond acceptors (Lipinski definition) is 2. The highest BCUT2D eigenvalue weighted by atomic mass is 16.3. The molecule has 2 rings (SSSR count). The normalized spacial score (nSPS) is 10.6. The molecule has 0 saturated carbocycles. The van der Waals surface area contributed by atoms with E-state index in [0.29, 0.717) is 0 Å². The lowest BCUT2D eigenvalue weighted by Gasteiger charge is -1.97. The van der Waals surface area contributed by atoms with E-state index in [4.69, 9.17) is 4.42 Å². The van der Waals surface area contributed by atoms with Crippen LogP contribution in [0.15, 0.2) is 28.9 Å². The molecule has 2 nitrogen and oxygen atoms in total. The van der Waals surface area contributed by atoms with Crippen molar-refractivity contribution in [2.75, 3.05) is 0 Å². The molecule has 0 atom stereocenters. The van der Waals surface area contributed by atoms with Gasteiger partial charge in [-0.2, -0.15) is 0 Å². The molecule has 66 valence electrons. The topological polar surface area (TPSA) is 30.2 Å². The molecule has 0 fully saturated rings. The van der Waals surface area contributed by atoms with Gasteiger partial charge in [-0.1, -0.05) is 12.1 Å². The third-order valence-corrected chi connectivity index (χ3v) is 2.16. The first-order valence-electron chi connectivity index (χ1n) is 4.18. The first-order chi connectivity index (χ1) is 6.20. The van der Waals surface area contributed by atoms with Crippen LogP contribution < -0.4 is 0 Å². The van der Waals surface area contributed by atoms with Gasteiger partial charge in [-0.25, -0.2) is 0 Å². The molecule has 1 aromatic heterocycles. The largest absolute Gasteiger partial charge is 0.464 e. The number of hydrogen-bond donors (Lipinski definition) is 0. The van der Waals surface area contributed by atoms with Crippen LogP contribution in [0.3, 0.4) is 0 Å². The van der Waals surface area contributed by atoms with Crippen molar-refractivity contribution in [3.8, 4) is 0 Å². The lowest BCUT2D eigenvalue weighted by molar-refractivity contribution is 0.101. The van der Waals surface area contributed by atoms with Gasteiger partial charge in [-0.15, -0.1) is 0 Å². The lowest BCUT2D eigenvalue weighted by Crippen LogP contribution is -1.92. The van der Waals surface area contributed by atoms with Gasteiger partial charge in [0.05, 0.1) is 6.26 Å². The number of aryl methyl sites for hydroxylation is 1. The van der Waals surface area contributed by atoms with Gasteiger partial charge in [0.25, 0.3) is 0 Å². The van der Waals surface area contributed by atoms with Gasteiger partial charge in [-0.3, -0.25) is 4.79 Å². The summed E-state index contributed by atoms with van der Waals surface area (Å²) >= 11 is 0. The maximum atomic E-state index is 11.3. The van der Waals surface area contributed by atoms with Crippen molar-refractivity contribution >= 4 is 16.8 Å². The van der Waals surface area contributed by atoms with Gasteiger partial charge in [0, 0.05) is 10.9 Å². The summed E-state index contributed by atoms with van der Waals surface area (Å²) in [6.07, 6.45) is 1.68. The molecule has 2 aromatic rings. The minimum absolute atomic E-state index is 0.0788. The Morgan fingerprint density at radius 2 is 2.15 bits per heavy atom. The molecule has 2 heteroatoms. The second-order valence-electron chi connectivity index (χ2n) is 3.15. The Kier molecular flexibility index (Phi) is 1.69. The SMILES string of the molecule is CC(=O)c1cccc2occ(C)c12. The smallest absolute Gasteiger partial charge is 0.160 e. The third-order valence-electron chi connectivity index (χ3n) is 2.16. The summed E-state index contributed by atoms with van der Waals surface area (Å²) in [6.45, 7) is 3.51. The van der Waals surface area contributed by atoms with E-state index in [2.05, 4.69) is 0 Å². The van der Waals surface area contributed by atoms with Crippen LogP contribution in [0.4, 0.5) is 0 Å². The van der Waals surface area contributed by atoms with Crippen LogP contribution in [-0.2, 0) is 0 Å². The van der Waals surface area contributed by atoms with Gasteiger partial charge >= 0.3 is 0 Å². The van der Waals surface area contributed by atoms with E-state index < -0.39 is 0 Å². The molecule has 0 bridgehead atoms. The number of carbonyl (C=O) groups is 1. The van der Waals surface area contributed by atoms with Crippen LogP contribution in [0, 0.1) is 6.92 Å². The minimum Gasteiger partial charge on any atom is -0.464 e. The van der Waals surface area contributed by atoms with Crippen molar-refractivity contribution in [2.45, 2.75) is 13.8 Å². The van der Waals surface area contributed by atoms with Crippen LogP contribution in [0.5, 0.6) is 0 Å². The van der Waals surface area contributed by atoms with Crippen molar-refractivity contribution in [3.05, 3.63) is 35.6 Å². The summed E-state index contributed by atoms with van der Waals surface area (Å²) in [4.78, 5) is 11.3. The molecular formula is C11H10O2. The highest BCUT2D eigenvalue weighted by Crippen LogP contribution is 2.24. The first-order valence-corrected chi connectivity index (χ1v) is 4.18. The van der Waals surface area contributed by atoms with E-state index in [0.717, 1.165) is 22.1 Å². The maximum absolute atomic E-state index is 11.3. The molecule has 0 aliphatic carbocycles. The van der Waals surface area contributed by atoms with Crippen molar-refractivity contribution < 1.29 is 9.21 Å². The van der Waals surface area contributed by atoms with Gasteiger partial charge in [0.1, 0.15) is 5.58 Å². The predicted molar refractivity (Wildman–Crippen MR) is 51.0 cm³/mol. The molecule has 0 N–H and O–H groups in total. The molecule has 0 spiro atoms. The number of carbonyl (C=O) groups excluding carboxylic acids is 1. The Morgan fingerprint density at radius 1 is 1.38 bits per heavy atom. The van der Waals surface area contributed by atoms with E-state index in [9.17, 15) is 4.79 Å². The minimum atomic E-state index is 0.0788. The van der Waals surface area contributed by atoms with E-state index >= 15 is 0 Å². The fourth-order valence-corrected chi connectivity index (χ4v) is 1.54. The lowest BCUT2D eigenvalue weighted by atomic mass is 10.0. The summed E-state index contributed by atoms with van der Waals surface area (Å²) < 4.78 is 5.29. The number of furan rings is 1. The van der Waals surface area contributed by atoms with E-state index in [1.54, 1.807) is 13.2 Å². The molecule has 0 unspecified atom stereocenters. The van der Waals surface area contributed by atoms with Crippen LogP contribution in [-0.4, -0.2) is 5.78 Å². The third kappa shape index (κ3) is 1.15. The summed E-state index contributed by atoms with van der Waals surface area (Å²) in [5, 5.41) is 0.940. The number of Topliss-reactive ketones (excluding diaryl/α,β-unsaturated/α-hetero) is 1. The zero-order valence-corrected chi connectivity index (χ0v) is 7.63. The average molecular weight is 174 g/mol. The zero-order valence-electron chi connectivity index (χ0n) is 7.63. The van der Waals surface area contributed by atoms with Gasteiger partial charge in [0.2, 0.25) is 0 Å². The Hall–Kier alpha value is -1.57. The Labute approximate surface area is 76.2 Å². The molecule has 0 saturated heterocycles. The van der Waals surface area contributed by atoms with E-state index in [-0.39, 0.29) is 5.78 Å². The van der Waals surface area contributed by atoms with Crippen LogP contribution in [0.2, 0.25) is 0 Å². The predicted octanol–water partition coefficient (Wildman–Crippen LogP) is 2.94. The fraction of sp³-hybridized carbons (Fsp3) is 0.182.